The first kappa shape index (κ1) is 25.4. The second-order valence-corrected chi connectivity index (χ2v) is 10.9. The monoisotopic (exact) mass is 509 g/mol. The van der Waals surface area contributed by atoms with Gasteiger partial charge in [-0.15, -0.1) is 9.24 Å². The molecule has 3 aromatic carbocycles. The quantitative estimate of drug-likeness (QED) is 0.154. The van der Waals surface area contributed by atoms with Crippen molar-refractivity contribution in [2.45, 2.75) is 37.6 Å². The summed E-state index contributed by atoms with van der Waals surface area (Å²) in [5.74, 6) is 1.60. The molecule has 0 amide bonds. The van der Waals surface area contributed by atoms with Gasteiger partial charge in [-0.3, -0.25) is 0 Å². The summed E-state index contributed by atoms with van der Waals surface area (Å²) in [5, 5.41) is 1.56. The lowest BCUT2D eigenvalue weighted by Crippen LogP contribution is -2.24. The van der Waals surface area contributed by atoms with E-state index in [-0.39, 0.29) is 17.7 Å². The summed E-state index contributed by atoms with van der Waals surface area (Å²) in [6.07, 6.45) is 1.79. The molecular weight excluding hydrogens is 483 g/mol. The molecule has 2 atom stereocenters. The molecule has 0 fully saturated rings. The predicted octanol–water partition coefficient (Wildman–Crippen LogP) is 8.08. The zero-order valence-electron chi connectivity index (χ0n) is 18.2. The van der Waals surface area contributed by atoms with Crippen molar-refractivity contribution >= 4 is 55.5 Å². The zero-order chi connectivity index (χ0) is 23.1. The summed E-state index contributed by atoms with van der Waals surface area (Å²) in [4.78, 5) is 0.984. The van der Waals surface area contributed by atoms with Crippen molar-refractivity contribution < 1.29 is 8.78 Å². The van der Waals surface area contributed by atoms with E-state index in [1.807, 2.05) is 42.1 Å². The summed E-state index contributed by atoms with van der Waals surface area (Å²) in [6, 6.07) is 17.2. The Morgan fingerprint density at radius 3 is 2.41 bits per heavy atom. The van der Waals surface area contributed by atoms with Crippen LogP contribution in [-0.2, 0) is 6.42 Å². The van der Waals surface area contributed by atoms with Crippen LogP contribution in [0.25, 0.3) is 0 Å². The van der Waals surface area contributed by atoms with Gasteiger partial charge in [0, 0.05) is 9.92 Å². The van der Waals surface area contributed by atoms with Crippen LogP contribution in [0.5, 0.6) is 0 Å². The van der Waals surface area contributed by atoms with Crippen molar-refractivity contribution in [1.29, 1.82) is 0 Å². The van der Waals surface area contributed by atoms with Crippen LogP contribution in [0.2, 0.25) is 5.02 Å². The molecule has 1 nitrogen and oxygen atoms in total. The van der Waals surface area contributed by atoms with E-state index in [0.29, 0.717) is 5.02 Å². The van der Waals surface area contributed by atoms with Crippen LogP contribution in [0.3, 0.4) is 0 Å². The van der Waals surface area contributed by atoms with Gasteiger partial charge in [-0.1, -0.05) is 30.7 Å². The summed E-state index contributed by atoms with van der Waals surface area (Å²) >= 11 is 9.47. The molecule has 32 heavy (non-hydrogen) atoms. The molecule has 3 aromatic rings. The fourth-order valence-electron chi connectivity index (χ4n) is 3.49. The smallest absolute Gasteiger partial charge is 0.125 e. The molecule has 0 bridgehead atoms. The molecule has 0 spiro atoms. The molecule has 7 heteroatoms. The van der Waals surface area contributed by atoms with Crippen LogP contribution >= 0.6 is 44.6 Å². The first-order chi connectivity index (χ1) is 15.4. The lowest BCUT2D eigenvalue weighted by molar-refractivity contribution is 0.621. The highest BCUT2D eigenvalue weighted by atomic mass is 35.5. The average Bonchev–Trinajstić information content (AvgIpc) is 2.78. The van der Waals surface area contributed by atoms with Gasteiger partial charge >= 0.3 is 0 Å². The highest BCUT2D eigenvalue weighted by molar-refractivity contribution is 8.00. The fraction of sp³-hybridized carbons (Fsp3) is 0.280. The van der Waals surface area contributed by atoms with Gasteiger partial charge in [-0.25, -0.2) is 8.78 Å². The minimum Gasteiger partial charge on any atom is -0.304 e. The molecule has 3 rings (SSSR count). The van der Waals surface area contributed by atoms with Gasteiger partial charge in [0.05, 0.1) is 11.7 Å². The maximum absolute atomic E-state index is 14.2. The maximum Gasteiger partial charge on any atom is 0.125 e. The first-order valence-electron chi connectivity index (χ1n) is 10.5. The topological polar surface area (TPSA) is 3.24 Å². The Balaban J connectivity index is 1.98. The molecule has 0 aliphatic rings. The third-order valence-electron chi connectivity index (χ3n) is 5.09. The number of aryl methyl sites for hydroxylation is 1. The molecule has 0 aliphatic heterocycles. The van der Waals surface area contributed by atoms with E-state index in [1.54, 1.807) is 18.2 Å². The highest BCUT2D eigenvalue weighted by Crippen LogP contribution is 2.39. The van der Waals surface area contributed by atoms with Gasteiger partial charge in [0.25, 0.3) is 0 Å². The second kappa shape index (κ2) is 12.3. The van der Waals surface area contributed by atoms with Crippen molar-refractivity contribution in [3.63, 3.8) is 0 Å². The molecular formula is C25H27ClF2NPS2. The van der Waals surface area contributed by atoms with E-state index in [0.717, 1.165) is 51.4 Å². The van der Waals surface area contributed by atoms with Gasteiger partial charge in [0.1, 0.15) is 11.6 Å². The number of rotatable bonds is 10. The van der Waals surface area contributed by atoms with Crippen LogP contribution in [0.1, 0.15) is 37.4 Å². The third-order valence-corrected chi connectivity index (χ3v) is 8.01. The van der Waals surface area contributed by atoms with Crippen LogP contribution in [0.4, 0.5) is 14.5 Å². The predicted molar refractivity (Wildman–Crippen MR) is 142 cm³/mol. The molecule has 0 saturated carbocycles. The molecule has 2 unspecified atom stereocenters. The van der Waals surface area contributed by atoms with Crippen LogP contribution < -0.4 is 9.61 Å². The van der Waals surface area contributed by atoms with Crippen LogP contribution in [-0.4, -0.2) is 11.5 Å². The standard InChI is InChI=1S/C25H27ClF2NPS2/c1-3-31-14-4-5-18-15-20(27)8-12-23(18)17(2)29(24-16-21(28)9-13-25(24)30)32-22-10-6-19(26)7-11-22/h6-13,15-17H,3-5,14,30H2,1-2H3. The minimum absolute atomic E-state index is 0.119. The number of hydrogen-bond acceptors (Lipinski definition) is 3. The average molecular weight is 510 g/mol. The van der Waals surface area contributed by atoms with Crippen LogP contribution in [0, 0.1) is 11.6 Å². The zero-order valence-corrected chi connectivity index (χ0v) is 21.7. The lowest BCUT2D eigenvalue weighted by atomic mass is 9.97. The molecule has 0 radical (unpaired) electrons. The minimum atomic E-state index is -0.295. The van der Waals surface area contributed by atoms with Crippen molar-refractivity contribution in [2.24, 2.45) is 0 Å². The summed E-state index contributed by atoms with van der Waals surface area (Å²) < 4.78 is 30.4. The Kier molecular flexibility index (Phi) is 9.73. The number of benzene rings is 3. The van der Waals surface area contributed by atoms with E-state index in [1.165, 1.54) is 24.1 Å². The first-order valence-corrected chi connectivity index (χ1v) is 13.4. The number of nitrogens with zero attached hydrogens (tertiary/aromatic N) is 1. The number of halogens is 3. The Morgan fingerprint density at radius 1 is 1.00 bits per heavy atom. The Hall–Kier alpha value is -1.26. The van der Waals surface area contributed by atoms with E-state index in [4.69, 9.17) is 11.6 Å². The molecule has 0 aliphatic carbocycles. The van der Waals surface area contributed by atoms with E-state index in [2.05, 4.69) is 27.4 Å². The van der Waals surface area contributed by atoms with Gasteiger partial charge < -0.3 is 4.31 Å². The molecule has 0 heterocycles. The Bertz CT molecular complexity index is 1030. The summed E-state index contributed by atoms with van der Waals surface area (Å²) in [5.41, 5.74) is 2.81. The maximum atomic E-state index is 14.2. The van der Waals surface area contributed by atoms with Crippen LogP contribution in [0.15, 0.2) is 65.6 Å². The molecule has 0 aromatic heterocycles. The van der Waals surface area contributed by atoms with Crippen molar-refractivity contribution in [1.82, 2.24) is 0 Å². The van der Waals surface area contributed by atoms with E-state index >= 15 is 0 Å². The number of thioether (sulfide) groups is 1. The van der Waals surface area contributed by atoms with E-state index < -0.39 is 0 Å². The van der Waals surface area contributed by atoms with E-state index in [9.17, 15) is 8.78 Å². The third kappa shape index (κ3) is 6.87. The molecule has 0 N–H and O–H groups in total. The van der Waals surface area contributed by atoms with Gasteiger partial charge in [-0.05, 0) is 108 Å². The number of anilines is 1. The number of hydrogen-bond donors (Lipinski definition) is 0. The largest absolute Gasteiger partial charge is 0.304 e. The molecule has 0 saturated heterocycles. The highest BCUT2D eigenvalue weighted by Gasteiger charge is 2.23. The summed E-state index contributed by atoms with van der Waals surface area (Å²) in [6.45, 7) is 4.22. The fourth-order valence-corrected chi connectivity index (χ4v) is 5.68. The van der Waals surface area contributed by atoms with Crippen molar-refractivity contribution in [3.05, 3.63) is 88.4 Å². The SMILES string of the molecule is CCSCCCc1cc(F)ccc1C(C)N(Sc1ccc(Cl)cc1)c1cc(F)ccc1P. The second-order valence-electron chi connectivity index (χ2n) is 7.39. The Morgan fingerprint density at radius 2 is 1.69 bits per heavy atom. The van der Waals surface area contributed by atoms with Gasteiger partial charge in [-0.2, -0.15) is 11.8 Å². The summed E-state index contributed by atoms with van der Waals surface area (Å²) in [7, 11) is 2.69. The van der Waals surface area contributed by atoms with Crippen molar-refractivity contribution in [2.75, 3.05) is 15.8 Å². The van der Waals surface area contributed by atoms with Gasteiger partial charge in [0.2, 0.25) is 0 Å². The van der Waals surface area contributed by atoms with Gasteiger partial charge in [0.15, 0.2) is 0 Å². The normalized spacial score (nSPS) is 12.1. The molecule has 170 valence electrons. The van der Waals surface area contributed by atoms with Crippen molar-refractivity contribution in [3.8, 4) is 0 Å². The lowest BCUT2D eigenvalue weighted by Gasteiger charge is -2.32. The Labute approximate surface area is 205 Å².